The second-order valence-electron chi connectivity index (χ2n) is 5.87. The molecule has 1 saturated heterocycles. The number of piperazine rings is 1. The zero-order chi connectivity index (χ0) is 13.9. The van der Waals surface area contributed by atoms with E-state index in [4.69, 9.17) is 0 Å². The van der Waals surface area contributed by atoms with Crippen molar-refractivity contribution in [1.29, 1.82) is 0 Å². The molecule has 2 rings (SSSR count). The summed E-state index contributed by atoms with van der Waals surface area (Å²) in [6.07, 6.45) is 0. The fourth-order valence-electron chi connectivity index (χ4n) is 2.55. The first-order valence-corrected chi connectivity index (χ1v) is 6.95. The largest absolute Gasteiger partial charge is 0.389 e. The van der Waals surface area contributed by atoms with Gasteiger partial charge in [0.15, 0.2) is 0 Å². The highest BCUT2D eigenvalue weighted by Crippen LogP contribution is 2.19. The van der Waals surface area contributed by atoms with Gasteiger partial charge in [0.1, 0.15) is 0 Å². The first-order valence-electron chi connectivity index (χ1n) is 6.95. The predicted octanol–water partition coefficient (Wildman–Crippen LogP) is 1.62. The minimum Gasteiger partial charge on any atom is -0.389 e. The lowest BCUT2D eigenvalue weighted by atomic mass is 10.1. The molecule has 0 aliphatic carbocycles. The maximum Gasteiger partial charge on any atom is 0.0718 e. The van der Waals surface area contributed by atoms with E-state index in [1.165, 1.54) is 5.69 Å². The van der Waals surface area contributed by atoms with E-state index in [1.807, 2.05) is 20.9 Å². The predicted molar refractivity (Wildman–Crippen MR) is 80.9 cm³/mol. The van der Waals surface area contributed by atoms with E-state index in [-0.39, 0.29) is 0 Å². The lowest BCUT2D eigenvalue weighted by molar-refractivity contribution is 0.0345. The van der Waals surface area contributed by atoms with E-state index in [2.05, 4.69) is 39.4 Å². The van der Waals surface area contributed by atoms with Crippen LogP contribution in [-0.2, 0) is 0 Å². The number of anilines is 2. The van der Waals surface area contributed by atoms with Crippen LogP contribution in [0.2, 0.25) is 0 Å². The third-order valence-electron chi connectivity index (χ3n) is 3.50. The Kier molecular flexibility index (Phi) is 4.32. The first kappa shape index (κ1) is 14.2. The highest BCUT2D eigenvalue weighted by atomic mass is 16.3. The monoisotopic (exact) mass is 263 g/mol. The molecular formula is C15H25N3O. The summed E-state index contributed by atoms with van der Waals surface area (Å²) < 4.78 is 0. The molecule has 0 saturated carbocycles. The van der Waals surface area contributed by atoms with Gasteiger partial charge in [-0.2, -0.15) is 0 Å². The SMILES string of the molecule is CNc1ccc(N2CCN(CC(C)(C)O)CC2)cc1. The number of nitrogens with one attached hydrogen (secondary N) is 1. The lowest BCUT2D eigenvalue weighted by Gasteiger charge is -2.38. The third kappa shape index (κ3) is 4.11. The van der Waals surface area contributed by atoms with Crippen LogP contribution in [0, 0.1) is 0 Å². The number of nitrogens with zero attached hydrogens (tertiary/aromatic N) is 2. The molecule has 0 amide bonds. The zero-order valence-electron chi connectivity index (χ0n) is 12.2. The number of benzene rings is 1. The van der Waals surface area contributed by atoms with Crippen LogP contribution >= 0.6 is 0 Å². The zero-order valence-corrected chi connectivity index (χ0v) is 12.2. The number of rotatable bonds is 4. The molecule has 1 aliphatic rings. The highest BCUT2D eigenvalue weighted by Gasteiger charge is 2.22. The van der Waals surface area contributed by atoms with Crippen LogP contribution < -0.4 is 10.2 Å². The third-order valence-corrected chi connectivity index (χ3v) is 3.50. The van der Waals surface area contributed by atoms with Crippen molar-refractivity contribution in [3.05, 3.63) is 24.3 Å². The highest BCUT2D eigenvalue weighted by molar-refractivity contribution is 5.55. The minimum atomic E-state index is -0.601. The van der Waals surface area contributed by atoms with Crippen molar-refractivity contribution in [3.8, 4) is 0 Å². The Bertz CT molecular complexity index is 389. The summed E-state index contributed by atoms with van der Waals surface area (Å²) in [5.41, 5.74) is 1.82. The quantitative estimate of drug-likeness (QED) is 0.866. The normalized spacial score (nSPS) is 17.6. The van der Waals surface area contributed by atoms with Crippen LogP contribution in [0.3, 0.4) is 0 Å². The second kappa shape index (κ2) is 5.80. The van der Waals surface area contributed by atoms with Gasteiger partial charge in [-0.1, -0.05) is 0 Å². The van der Waals surface area contributed by atoms with Gasteiger partial charge in [-0.15, -0.1) is 0 Å². The van der Waals surface area contributed by atoms with Gasteiger partial charge in [-0.3, -0.25) is 4.90 Å². The Morgan fingerprint density at radius 3 is 2.16 bits per heavy atom. The fraction of sp³-hybridized carbons (Fsp3) is 0.600. The van der Waals surface area contributed by atoms with E-state index in [0.29, 0.717) is 0 Å². The molecular weight excluding hydrogens is 238 g/mol. The topological polar surface area (TPSA) is 38.7 Å². The van der Waals surface area contributed by atoms with Crippen LogP contribution in [0.4, 0.5) is 11.4 Å². The van der Waals surface area contributed by atoms with Crippen LogP contribution in [0.5, 0.6) is 0 Å². The molecule has 0 radical (unpaired) electrons. The van der Waals surface area contributed by atoms with Crippen LogP contribution in [0.1, 0.15) is 13.8 Å². The van der Waals surface area contributed by atoms with Crippen LogP contribution in [0.15, 0.2) is 24.3 Å². The van der Waals surface area contributed by atoms with Gasteiger partial charge >= 0.3 is 0 Å². The Morgan fingerprint density at radius 1 is 1.11 bits per heavy atom. The van der Waals surface area contributed by atoms with Gasteiger partial charge in [0.05, 0.1) is 5.60 Å². The summed E-state index contributed by atoms with van der Waals surface area (Å²) in [5, 5.41) is 13.0. The molecule has 19 heavy (non-hydrogen) atoms. The molecule has 0 bridgehead atoms. The van der Waals surface area contributed by atoms with E-state index < -0.39 is 5.60 Å². The van der Waals surface area contributed by atoms with Crippen LogP contribution in [0.25, 0.3) is 0 Å². The summed E-state index contributed by atoms with van der Waals surface area (Å²) in [4.78, 5) is 4.73. The molecule has 1 aromatic carbocycles. The summed E-state index contributed by atoms with van der Waals surface area (Å²) in [6.45, 7) is 8.56. The summed E-state index contributed by atoms with van der Waals surface area (Å²) in [5.74, 6) is 0. The Labute approximate surface area is 116 Å². The Balaban J connectivity index is 1.88. The smallest absolute Gasteiger partial charge is 0.0718 e. The second-order valence-corrected chi connectivity index (χ2v) is 5.87. The van der Waals surface area contributed by atoms with Crippen LogP contribution in [-0.4, -0.2) is 55.4 Å². The van der Waals surface area contributed by atoms with E-state index >= 15 is 0 Å². The molecule has 1 heterocycles. The Hall–Kier alpha value is -1.26. The number of aliphatic hydroxyl groups is 1. The van der Waals surface area contributed by atoms with E-state index in [9.17, 15) is 5.11 Å². The summed E-state index contributed by atoms with van der Waals surface area (Å²) in [6, 6.07) is 8.55. The average Bonchev–Trinajstić information content (AvgIpc) is 2.38. The van der Waals surface area contributed by atoms with Crippen molar-refractivity contribution < 1.29 is 5.11 Å². The molecule has 0 spiro atoms. The fourth-order valence-corrected chi connectivity index (χ4v) is 2.55. The van der Waals surface area contributed by atoms with Gasteiger partial charge in [0, 0.05) is 51.1 Å². The van der Waals surface area contributed by atoms with Crippen molar-refractivity contribution in [1.82, 2.24) is 4.90 Å². The van der Waals surface area contributed by atoms with Crippen molar-refractivity contribution in [2.24, 2.45) is 0 Å². The summed E-state index contributed by atoms with van der Waals surface area (Å²) >= 11 is 0. The van der Waals surface area contributed by atoms with Gasteiger partial charge in [-0.05, 0) is 38.1 Å². The molecule has 0 atom stereocenters. The lowest BCUT2D eigenvalue weighted by Crippen LogP contribution is -2.50. The van der Waals surface area contributed by atoms with Crippen molar-refractivity contribution in [2.75, 3.05) is 50.0 Å². The van der Waals surface area contributed by atoms with Gasteiger partial charge in [0.2, 0.25) is 0 Å². The molecule has 1 fully saturated rings. The molecule has 4 nitrogen and oxygen atoms in total. The maximum atomic E-state index is 9.85. The molecule has 1 aliphatic heterocycles. The Morgan fingerprint density at radius 2 is 1.68 bits per heavy atom. The molecule has 0 unspecified atom stereocenters. The van der Waals surface area contributed by atoms with Gasteiger partial charge in [-0.25, -0.2) is 0 Å². The standard InChI is InChI=1S/C15H25N3O/c1-15(2,19)12-17-8-10-18(11-9-17)14-6-4-13(16-3)5-7-14/h4-7,16,19H,8-12H2,1-3H3. The first-order chi connectivity index (χ1) is 8.98. The summed E-state index contributed by atoms with van der Waals surface area (Å²) in [7, 11) is 1.93. The minimum absolute atomic E-state index is 0.601. The van der Waals surface area contributed by atoms with Crippen molar-refractivity contribution in [3.63, 3.8) is 0 Å². The van der Waals surface area contributed by atoms with Crippen molar-refractivity contribution in [2.45, 2.75) is 19.4 Å². The molecule has 0 aromatic heterocycles. The number of β-amino-alcohol motifs (C(OH)–C–C–N with tert-alkyl or cyclic N) is 1. The average molecular weight is 263 g/mol. The number of hydrogen-bond acceptors (Lipinski definition) is 4. The molecule has 106 valence electrons. The van der Waals surface area contributed by atoms with Gasteiger partial charge in [0.25, 0.3) is 0 Å². The van der Waals surface area contributed by atoms with Gasteiger partial charge < -0.3 is 15.3 Å². The molecule has 4 heteroatoms. The van der Waals surface area contributed by atoms with E-state index in [0.717, 1.165) is 38.4 Å². The maximum absolute atomic E-state index is 9.85. The van der Waals surface area contributed by atoms with E-state index in [1.54, 1.807) is 0 Å². The van der Waals surface area contributed by atoms with Crippen molar-refractivity contribution >= 4 is 11.4 Å². The molecule has 2 N–H and O–H groups in total. The number of hydrogen-bond donors (Lipinski definition) is 2. The molecule has 1 aromatic rings.